The van der Waals surface area contributed by atoms with E-state index in [0.717, 1.165) is 22.4 Å². The average Bonchev–Trinajstić information content (AvgIpc) is 3.20. The molecule has 0 atom stereocenters. The van der Waals surface area contributed by atoms with E-state index in [2.05, 4.69) is 17.1 Å². The van der Waals surface area contributed by atoms with Crippen LogP contribution in [0.2, 0.25) is 5.02 Å². The second kappa shape index (κ2) is 7.15. The Bertz CT molecular complexity index is 855. The normalized spacial score (nSPS) is 10.8. The van der Waals surface area contributed by atoms with Crippen LogP contribution >= 0.6 is 22.9 Å². The van der Waals surface area contributed by atoms with Crippen LogP contribution in [0.3, 0.4) is 0 Å². The molecule has 0 fully saturated rings. The number of halogens is 1. The first-order valence-electron chi connectivity index (χ1n) is 7.41. The Hall–Kier alpha value is -2.18. The highest BCUT2D eigenvalue weighted by molar-refractivity contribution is 7.14. The van der Waals surface area contributed by atoms with Crippen molar-refractivity contribution >= 4 is 28.9 Å². The number of aromatic nitrogens is 2. The lowest BCUT2D eigenvalue weighted by Gasteiger charge is -1.99. The van der Waals surface area contributed by atoms with Gasteiger partial charge in [0.15, 0.2) is 6.61 Å². The summed E-state index contributed by atoms with van der Waals surface area (Å²) in [5.74, 6) is 0.226. The van der Waals surface area contributed by atoms with E-state index in [9.17, 15) is 4.79 Å². The maximum Gasteiger partial charge on any atom is 0.348 e. The van der Waals surface area contributed by atoms with Gasteiger partial charge in [0.05, 0.1) is 0 Å². The van der Waals surface area contributed by atoms with Crippen molar-refractivity contribution in [2.45, 2.75) is 26.9 Å². The second-order valence-corrected chi connectivity index (χ2v) is 6.82. The van der Waals surface area contributed by atoms with Crippen molar-refractivity contribution in [2.75, 3.05) is 0 Å². The van der Waals surface area contributed by atoms with Gasteiger partial charge in [-0.05, 0) is 49.2 Å². The van der Waals surface area contributed by atoms with Gasteiger partial charge in [-0.1, -0.05) is 18.5 Å². The summed E-state index contributed by atoms with van der Waals surface area (Å²) in [6.45, 7) is 4.00. The van der Waals surface area contributed by atoms with Gasteiger partial charge in [-0.15, -0.1) is 21.5 Å². The third-order valence-corrected chi connectivity index (χ3v) is 4.81. The van der Waals surface area contributed by atoms with Gasteiger partial charge in [0, 0.05) is 15.5 Å². The molecule has 0 spiro atoms. The first-order chi connectivity index (χ1) is 11.6. The summed E-state index contributed by atoms with van der Waals surface area (Å²) in [7, 11) is 0. The largest absolute Gasteiger partial charge is 0.451 e. The van der Waals surface area contributed by atoms with Crippen molar-refractivity contribution in [1.29, 1.82) is 0 Å². The van der Waals surface area contributed by atoms with Crippen molar-refractivity contribution in [2.24, 2.45) is 0 Å². The first kappa shape index (κ1) is 16.7. The fourth-order valence-corrected chi connectivity index (χ4v) is 3.32. The maximum atomic E-state index is 12.1. The standard InChI is InChI=1S/C17H15ClN2O3S/c1-3-11-8-14(24-10(11)2)17(21)22-9-15-19-20-16(23-15)12-4-6-13(18)7-5-12/h4-8H,3,9H2,1-2H3. The van der Waals surface area contributed by atoms with E-state index in [1.807, 2.05) is 13.0 Å². The van der Waals surface area contributed by atoms with Gasteiger partial charge in [0.25, 0.3) is 5.89 Å². The van der Waals surface area contributed by atoms with Crippen molar-refractivity contribution in [3.8, 4) is 11.5 Å². The number of hydrogen-bond acceptors (Lipinski definition) is 6. The molecule has 0 saturated heterocycles. The number of benzene rings is 1. The lowest BCUT2D eigenvalue weighted by Crippen LogP contribution is -2.03. The van der Waals surface area contributed by atoms with Gasteiger partial charge in [-0.25, -0.2) is 4.79 Å². The quantitative estimate of drug-likeness (QED) is 0.616. The molecule has 3 rings (SSSR count). The van der Waals surface area contributed by atoms with Gasteiger partial charge in [0.1, 0.15) is 4.88 Å². The number of carbonyl (C=O) groups is 1. The molecule has 0 aliphatic carbocycles. The molecule has 0 aliphatic heterocycles. The molecule has 1 aromatic carbocycles. The molecule has 5 nitrogen and oxygen atoms in total. The number of esters is 1. The van der Waals surface area contributed by atoms with Crippen LogP contribution in [0.1, 0.15) is 32.9 Å². The molecule has 0 saturated carbocycles. The van der Waals surface area contributed by atoms with Crippen LogP contribution in [0.4, 0.5) is 0 Å². The molecule has 0 N–H and O–H groups in total. The number of thiophene rings is 1. The predicted octanol–water partition coefficient (Wildman–Crippen LogP) is 4.68. The van der Waals surface area contributed by atoms with Crippen LogP contribution in [0, 0.1) is 6.92 Å². The van der Waals surface area contributed by atoms with Crippen molar-refractivity contribution in [1.82, 2.24) is 10.2 Å². The van der Waals surface area contributed by atoms with E-state index in [1.54, 1.807) is 24.3 Å². The molecule has 3 aromatic rings. The van der Waals surface area contributed by atoms with Crippen molar-refractivity contribution in [3.63, 3.8) is 0 Å². The number of rotatable bonds is 5. The molecule has 0 unspecified atom stereocenters. The lowest BCUT2D eigenvalue weighted by atomic mass is 10.2. The number of aryl methyl sites for hydroxylation is 2. The van der Waals surface area contributed by atoms with Crippen LogP contribution in [0.25, 0.3) is 11.5 Å². The topological polar surface area (TPSA) is 65.2 Å². The Balaban J connectivity index is 1.64. The number of ether oxygens (including phenoxy) is 1. The van der Waals surface area contributed by atoms with Crippen molar-refractivity contribution < 1.29 is 13.9 Å². The third-order valence-electron chi connectivity index (χ3n) is 3.49. The number of nitrogens with zero attached hydrogens (tertiary/aromatic N) is 2. The van der Waals surface area contributed by atoms with Gasteiger partial charge < -0.3 is 9.15 Å². The van der Waals surface area contributed by atoms with Gasteiger partial charge in [0.2, 0.25) is 5.89 Å². The van der Waals surface area contributed by atoms with Crippen LogP contribution < -0.4 is 0 Å². The number of carbonyl (C=O) groups excluding carboxylic acids is 1. The van der Waals surface area contributed by atoms with Crippen LogP contribution in [-0.2, 0) is 17.8 Å². The van der Waals surface area contributed by atoms with Gasteiger partial charge in [-0.2, -0.15) is 0 Å². The van der Waals surface area contributed by atoms with E-state index in [1.165, 1.54) is 11.3 Å². The molecule has 2 heterocycles. The minimum absolute atomic E-state index is 0.0577. The zero-order valence-electron chi connectivity index (χ0n) is 13.2. The smallest absolute Gasteiger partial charge is 0.348 e. The molecule has 2 aromatic heterocycles. The molecule has 7 heteroatoms. The first-order valence-corrected chi connectivity index (χ1v) is 8.61. The fourth-order valence-electron chi connectivity index (χ4n) is 2.19. The van der Waals surface area contributed by atoms with Crippen LogP contribution in [-0.4, -0.2) is 16.2 Å². The average molecular weight is 363 g/mol. The maximum absolute atomic E-state index is 12.1. The molecule has 0 radical (unpaired) electrons. The Morgan fingerprint density at radius 2 is 2.04 bits per heavy atom. The SMILES string of the molecule is CCc1cc(C(=O)OCc2nnc(-c3ccc(Cl)cc3)o2)sc1C. The van der Waals surface area contributed by atoms with Crippen LogP contribution in [0.15, 0.2) is 34.7 Å². The molecular formula is C17H15ClN2O3S. The third kappa shape index (κ3) is 3.66. The monoisotopic (exact) mass is 362 g/mol. The van der Waals surface area contributed by atoms with Gasteiger partial charge in [-0.3, -0.25) is 0 Å². The highest BCUT2D eigenvalue weighted by Crippen LogP contribution is 2.24. The summed E-state index contributed by atoms with van der Waals surface area (Å²) < 4.78 is 10.8. The van der Waals surface area contributed by atoms with E-state index in [0.29, 0.717) is 15.8 Å². The highest BCUT2D eigenvalue weighted by Gasteiger charge is 2.15. The summed E-state index contributed by atoms with van der Waals surface area (Å²) in [6, 6.07) is 8.92. The summed E-state index contributed by atoms with van der Waals surface area (Å²) in [5, 5.41) is 8.48. The minimum Gasteiger partial charge on any atom is -0.451 e. The predicted molar refractivity (Wildman–Crippen MR) is 92.3 cm³/mol. The summed E-state index contributed by atoms with van der Waals surface area (Å²) in [6.07, 6.45) is 0.893. The molecule has 0 bridgehead atoms. The summed E-state index contributed by atoms with van der Waals surface area (Å²) in [5.41, 5.74) is 1.92. The summed E-state index contributed by atoms with van der Waals surface area (Å²) in [4.78, 5) is 13.8. The zero-order chi connectivity index (χ0) is 17.1. The van der Waals surface area contributed by atoms with E-state index in [4.69, 9.17) is 20.8 Å². The molecular weight excluding hydrogens is 348 g/mol. The number of hydrogen-bond donors (Lipinski definition) is 0. The molecule has 24 heavy (non-hydrogen) atoms. The second-order valence-electron chi connectivity index (χ2n) is 5.13. The Kier molecular flexibility index (Phi) is 4.97. The van der Waals surface area contributed by atoms with Crippen LogP contribution in [0.5, 0.6) is 0 Å². The highest BCUT2D eigenvalue weighted by atomic mass is 35.5. The van der Waals surface area contributed by atoms with E-state index < -0.39 is 0 Å². The van der Waals surface area contributed by atoms with Gasteiger partial charge >= 0.3 is 5.97 Å². The molecule has 0 aliphatic rings. The Morgan fingerprint density at radius 3 is 2.71 bits per heavy atom. The molecule has 0 amide bonds. The zero-order valence-corrected chi connectivity index (χ0v) is 14.8. The minimum atomic E-state index is -0.381. The molecule has 124 valence electrons. The summed E-state index contributed by atoms with van der Waals surface area (Å²) >= 11 is 7.28. The van der Waals surface area contributed by atoms with Crippen molar-refractivity contribution in [3.05, 3.63) is 56.6 Å². The fraction of sp³-hybridized carbons (Fsp3) is 0.235. The van der Waals surface area contributed by atoms with E-state index in [-0.39, 0.29) is 18.5 Å². The Morgan fingerprint density at radius 1 is 1.29 bits per heavy atom. The lowest BCUT2D eigenvalue weighted by molar-refractivity contribution is 0.0444. The Labute approximate surface area is 148 Å². The van der Waals surface area contributed by atoms with E-state index >= 15 is 0 Å².